The molecule has 0 aliphatic heterocycles. The first-order chi connectivity index (χ1) is 7.65. The predicted octanol–water partition coefficient (Wildman–Crippen LogP) is 2.77. The van der Waals surface area contributed by atoms with E-state index in [4.69, 9.17) is 5.73 Å². The highest BCUT2D eigenvalue weighted by Crippen LogP contribution is 2.38. The van der Waals surface area contributed by atoms with Crippen molar-refractivity contribution in [2.75, 3.05) is 13.1 Å². The molecule has 0 spiro atoms. The fourth-order valence-electron chi connectivity index (χ4n) is 3.69. The number of hydrogen-bond acceptors (Lipinski definition) is 2. The second-order valence-electron chi connectivity index (χ2n) is 6.15. The van der Waals surface area contributed by atoms with Gasteiger partial charge in [0.2, 0.25) is 0 Å². The molecule has 16 heavy (non-hydrogen) atoms. The van der Waals surface area contributed by atoms with Crippen LogP contribution < -0.4 is 5.73 Å². The third kappa shape index (κ3) is 2.43. The third-order valence-corrected chi connectivity index (χ3v) is 4.97. The Morgan fingerprint density at radius 2 is 1.88 bits per heavy atom. The fraction of sp³-hybridized carbons (Fsp3) is 1.00. The Bertz CT molecular complexity index is 223. The maximum absolute atomic E-state index is 6.29. The monoisotopic (exact) mass is 224 g/mol. The average Bonchev–Trinajstić information content (AvgIpc) is 2.87. The van der Waals surface area contributed by atoms with Crippen LogP contribution in [0.5, 0.6) is 0 Å². The van der Waals surface area contributed by atoms with Gasteiger partial charge in [-0.25, -0.2) is 0 Å². The predicted molar refractivity (Wildman–Crippen MR) is 69.4 cm³/mol. The lowest BCUT2D eigenvalue weighted by molar-refractivity contribution is 0.118. The zero-order valence-electron chi connectivity index (χ0n) is 11.0. The summed E-state index contributed by atoms with van der Waals surface area (Å²) in [5.41, 5.74) is 6.68. The third-order valence-electron chi connectivity index (χ3n) is 4.97. The normalized spacial score (nSPS) is 36.4. The van der Waals surface area contributed by atoms with Crippen LogP contribution in [0.15, 0.2) is 0 Å². The Hall–Kier alpha value is -0.0800. The highest BCUT2D eigenvalue weighted by molar-refractivity contribution is 4.94. The Morgan fingerprint density at radius 3 is 2.38 bits per heavy atom. The minimum Gasteiger partial charge on any atom is -0.327 e. The van der Waals surface area contributed by atoms with Crippen molar-refractivity contribution in [3.63, 3.8) is 0 Å². The molecule has 94 valence electrons. The largest absolute Gasteiger partial charge is 0.327 e. The summed E-state index contributed by atoms with van der Waals surface area (Å²) in [6.45, 7) is 7.15. The summed E-state index contributed by atoms with van der Waals surface area (Å²) in [5.74, 6) is 0. The highest BCUT2D eigenvalue weighted by atomic mass is 15.2. The zero-order chi connectivity index (χ0) is 11.6. The molecule has 0 aromatic heterocycles. The molecule has 2 heteroatoms. The minimum absolute atomic E-state index is 0.387. The maximum atomic E-state index is 6.29. The van der Waals surface area contributed by atoms with Crippen molar-refractivity contribution < 1.29 is 0 Å². The molecule has 0 saturated heterocycles. The van der Waals surface area contributed by atoms with Crippen LogP contribution in [0.4, 0.5) is 0 Å². The van der Waals surface area contributed by atoms with E-state index >= 15 is 0 Å². The standard InChI is InChI=1S/C14H28N2/c1-3-16(12-7-4-5-8-12)11-14(2)10-6-9-13(14)15/h12-13H,3-11,15H2,1-2H3. The molecule has 2 aliphatic carbocycles. The van der Waals surface area contributed by atoms with Gasteiger partial charge in [-0.05, 0) is 37.6 Å². The van der Waals surface area contributed by atoms with Crippen molar-refractivity contribution in [1.29, 1.82) is 0 Å². The van der Waals surface area contributed by atoms with E-state index in [1.807, 2.05) is 0 Å². The molecule has 0 radical (unpaired) electrons. The van der Waals surface area contributed by atoms with Crippen LogP contribution in [-0.2, 0) is 0 Å². The number of hydrogen-bond donors (Lipinski definition) is 1. The fourth-order valence-corrected chi connectivity index (χ4v) is 3.69. The van der Waals surface area contributed by atoms with Gasteiger partial charge < -0.3 is 10.6 Å². The van der Waals surface area contributed by atoms with E-state index in [9.17, 15) is 0 Å². The molecule has 2 aliphatic rings. The topological polar surface area (TPSA) is 29.3 Å². The van der Waals surface area contributed by atoms with Crippen molar-refractivity contribution in [3.8, 4) is 0 Å². The van der Waals surface area contributed by atoms with E-state index in [0.717, 1.165) is 6.04 Å². The summed E-state index contributed by atoms with van der Waals surface area (Å²) in [6, 6.07) is 1.29. The van der Waals surface area contributed by atoms with Crippen LogP contribution >= 0.6 is 0 Å². The second kappa shape index (κ2) is 5.05. The molecule has 2 N–H and O–H groups in total. The molecule has 0 heterocycles. The Labute approximate surface area is 101 Å². The SMILES string of the molecule is CCN(CC1(C)CCCC1N)C1CCCC1. The number of rotatable bonds is 4. The minimum atomic E-state index is 0.387. The quantitative estimate of drug-likeness (QED) is 0.795. The lowest BCUT2D eigenvalue weighted by Gasteiger charge is -2.38. The second-order valence-corrected chi connectivity index (χ2v) is 6.15. The molecule has 0 aromatic rings. The molecule has 0 aromatic carbocycles. The van der Waals surface area contributed by atoms with Crippen LogP contribution in [-0.4, -0.2) is 30.1 Å². The molecule has 0 amide bonds. The molecule has 2 unspecified atom stereocenters. The van der Waals surface area contributed by atoms with Gasteiger partial charge >= 0.3 is 0 Å². The zero-order valence-corrected chi connectivity index (χ0v) is 11.0. The Kier molecular flexibility index (Phi) is 3.91. The van der Waals surface area contributed by atoms with E-state index in [0.29, 0.717) is 11.5 Å². The van der Waals surface area contributed by atoms with Gasteiger partial charge in [-0.1, -0.05) is 33.1 Å². The van der Waals surface area contributed by atoms with Crippen LogP contribution in [0, 0.1) is 5.41 Å². The summed E-state index contributed by atoms with van der Waals surface area (Å²) in [5, 5.41) is 0. The van der Waals surface area contributed by atoms with E-state index < -0.39 is 0 Å². The molecule has 2 nitrogen and oxygen atoms in total. The summed E-state index contributed by atoms with van der Waals surface area (Å²) in [4.78, 5) is 2.71. The van der Waals surface area contributed by atoms with Gasteiger partial charge in [0, 0.05) is 18.6 Å². The van der Waals surface area contributed by atoms with Crippen molar-refractivity contribution in [2.45, 2.75) is 70.9 Å². The van der Waals surface area contributed by atoms with Crippen molar-refractivity contribution >= 4 is 0 Å². The van der Waals surface area contributed by atoms with E-state index in [2.05, 4.69) is 18.7 Å². The van der Waals surface area contributed by atoms with E-state index in [1.165, 1.54) is 58.0 Å². The molecule has 2 rings (SSSR count). The van der Waals surface area contributed by atoms with E-state index in [1.54, 1.807) is 0 Å². The number of nitrogens with two attached hydrogens (primary N) is 1. The van der Waals surface area contributed by atoms with Gasteiger partial charge in [-0.3, -0.25) is 0 Å². The maximum Gasteiger partial charge on any atom is 0.0105 e. The number of nitrogens with zero attached hydrogens (tertiary/aromatic N) is 1. The van der Waals surface area contributed by atoms with Gasteiger partial charge in [0.25, 0.3) is 0 Å². The Morgan fingerprint density at radius 1 is 1.19 bits per heavy atom. The summed E-state index contributed by atoms with van der Waals surface area (Å²) >= 11 is 0. The van der Waals surface area contributed by atoms with Gasteiger partial charge in [0.05, 0.1) is 0 Å². The van der Waals surface area contributed by atoms with Crippen LogP contribution in [0.1, 0.15) is 58.8 Å². The summed E-state index contributed by atoms with van der Waals surface area (Å²) in [6.07, 6.45) is 9.60. The van der Waals surface area contributed by atoms with Crippen LogP contribution in [0.3, 0.4) is 0 Å². The van der Waals surface area contributed by atoms with Crippen molar-refractivity contribution in [1.82, 2.24) is 4.90 Å². The van der Waals surface area contributed by atoms with Gasteiger partial charge in [0.15, 0.2) is 0 Å². The molecule has 2 fully saturated rings. The first kappa shape index (κ1) is 12.4. The van der Waals surface area contributed by atoms with Gasteiger partial charge in [0.1, 0.15) is 0 Å². The lowest BCUT2D eigenvalue weighted by atomic mass is 9.84. The molecule has 2 atom stereocenters. The van der Waals surface area contributed by atoms with Crippen LogP contribution in [0.2, 0.25) is 0 Å². The summed E-state index contributed by atoms with van der Waals surface area (Å²) in [7, 11) is 0. The average molecular weight is 224 g/mol. The summed E-state index contributed by atoms with van der Waals surface area (Å²) < 4.78 is 0. The van der Waals surface area contributed by atoms with Gasteiger partial charge in [-0.2, -0.15) is 0 Å². The highest BCUT2D eigenvalue weighted by Gasteiger charge is 2.38. The lowest BCUT2D eigenvalue weighted by Crippen LogP contribution is -2.47. The van der Waals surface area contributed by atoms with Gasteiger partial charge in [-0.15, -0.1) is 0 Å². The molecule has 2 saturated carbocycles. The van der Waals surface area contributed by atoms with Crippen molar-refractivity contribution in [3.05, 3.63) is 0 Å². The molecule has 0 bridgehead atoms. The van der Waals surface area contributed by atoms with Crippen LogP contribution in [0.25, 0.3) is 0 Å². The first-order valence-corrected chi connectivity index (χ1v) is 7.15. The Balaban J connectivity index is 1.94. The first-order valence-electron chi connectivity index (χ1n) is 7.15. The van der Waals surface area contributed by atoms with E-state index in [-0.39, 0.29) is 0 Å². The molecular weight excluding hydrogens is 196 g/mol. The molecular formula is C14H28N2. The van der Waals surface area contributed by atoms with Crippen molar-refractivity contribution in [2.24, 2.45) is 11.1 Å². The smallest absolute Gasteiger partial charge is 0.0105 e.